The Morgan fingerprint density at radius 3 is 1.72 bits per heavy atom. The van der Waals surface area contributed by atoms with Gasteiger partial charge in [-0.25, -0.2) is 0 Å². The van der Waals surface area contributed by atoms with Crippen molar-refractivity contribution in [3.05, 3.63) is 132 Å². The molecule has 0 saturated heterocycles. The summed E-state index contributed by atoms with van der Waals surface area (Å²) in [4.78, 5) is 0. The quantitative estimate of drug-likeness (QED) is 0.228. The number of alkyl halides is 2. The van der Waals surface area contributed by atoms with Crippen LogP contribution in [0, 0.1) is 6.92 Å². The third kappa shape index (κ3) is 5.53. The van der Waals surface area contributed by atoms with Crippen LogP contribution in [0.1, 0.15) is 16.7 Å². The predicted molar refractivity (Wildman–Crippen MR) is 153 cm³/mol. The summed E-state index contributed by atoms with van der Waals surface area (Å²) in [5.41, 5.74) is 14.7. The minimum Gasteiger partial charge on any atom is -0.281 e. The van der Waals surface area contributed by atoms with Crippen molar-refractivity contribution in [1.29, 1.82) is 0 Å². The summed E-state index contributed by atoms with van der Waals surface area (Å²) in [6.07, 6.45) is 0.976. The molecule has 0 fully saturated rings. The van der Waals surface area contributed by atoms with Crippen molar-refractivity contribution < 1.29 is 21.8 Å². The van der Waals surface area contributed by atoms with Gasteiger partial charge in [-0.05, 0) is 75.0 Å². The van der Waals surface area contributed by atoms with Crippen molar-refractivity contribution in [2.75, 3.05) is 0 Å². The minimum absolute atomic E-state index is 0.976. The van der Waals surface area contributed by atoms with Gasteiger partial charge in [0, 0.05) is 0 Å². The van der Waals surface area contributed by atoms with E-state index in [9.17, 15) is 8.78 Å². The molecular formula is C33H26F2O3S. The molecule has 39 heavy (non-hydrogen) atoms. The molecule has 6 rings (SSSR count). The second-order valence-corrected chi connectivity index (χ2v) is 10.8. The van der Waals surface area contributed by atoms with Gasteiger partial charge in [0.15, 0.2) is 0 Å². The van der Waals surface area contributed by atoms with Crippen molar-refractivity contribution in [3.63, 3.8) is 0 Å². The smallest absolute Gasteiger partial charge is 0.281 e. The van der Waals surface area contributed by atoms with Gasteiger partial charge >= 0.3 is 15.9 Å². The fraction of sp³-hybridized carbons (Fsp3) is 0.0909. The molecule has 0 radical (unpaired) electrons. The number of benzene rings is 5. The highest BCUT2D eigenvalue weighted by atomic mass is 32.2. The molecule has 1 aliphatic carbocycles. The maximum Gasteiger partial charge on any atom is 0.361 e. The Kier molecular flexibility index (Phi) is 7.42. The van der Waals surface area contributed by atoms with Crippen LogP contribution in [-0.4, -0.2) is 18.7 Å². The largest absolute Gasteiger partial charge is 0.361 e. The molecule has 3 nitrogen and oxygen atoms in total. The van der Waals surface area contributed by atoms with Crippen LogP contribution in [0.15, 0.2) is 115 Å². The molecule has 0 aliphatic heterocycles. The molecular weight excluding hydrogens is 514 g/mol. The van der Waals surface area contributed by atoms with E-state index in [0.717, 1.165) is 6.42 Å². The number of fused-ring (bicyclic) bond motifs is 3. The van der Waals surface area contributed by atoms with Gasteiger partial charge in [-0.2, -0.15) is 17.2 Å². The molecule has 0 atom stereocenters. The van der Waals surface area contributed by atoms with Gasteiger partial charge in [-0.15, -0.1) is 0 Å². The normalized spacial score (nSPS) is 11.9. The summed E-state index contributed by atoms with van der Waals surface area (Å²) in [6.45, 7) is 2.15. The summed E-state index contributed by atoms with van der Waals surface area (Å²) < 4.78 is 47.0. The number of hydrogen-bond donors (Lipinski definition) is 1. The second kappa shape index (κ2) is 10.9. The summed E-state index contributed by atoms with van der Waals surface area (Å²) in [5.74, 6) is -3.67. The van der Waals surface area contributed by atoms with Crippen molar-refractivity contribution in [2.45, 2.75) is 19.1 Å². The fourth-order valence-corrected chi connectivity index (χ4v) is 5.06. The maximum atomic E-state index is 10.7. The van der Waals surface area contributed by atoms with Crippen LogP contribution in [0.3, 0.4) is 0 Å². The van der Waals surface area contributed by atoms with Gasteiger partial charge in [-0.3, -0.25) is 4.55 Å². The third-order valence-electron chi connectivity index (χ3n) is 6.82. The Hall–Kier alpha value is -4.13. The molecule has 6 heteroatoms. The van der Waals surface area contributed by atoms with E-state index in [2.05, 4.69) is 122 Å². The molecule has 0 amide bonds. The van der Waals surface area contributed by atoms with Gasteiger partial charge in [0.2, 0.25) is 0 Å². The lowest BCUT2D eigenvalue weighted by Gasteiger charge is -2.21. The molecule has 5 aromatic rings. The van der Waals surface area contributed by atoms with E-state index in [1.807, 2.05) is 0 Å². The predicted octanol–water partition coefficient (Wildman–Crippen LogP) is 8.66. The van der Waals surface area contributed by atoms with E-state index in [1.54, 1.807) is 0 Å². The third-order valence-corrected chi connectivity index (χ3v) is 7.27. The first-order valence-corrected chi connectivity index (χ1v) is 13.9. The fourth-order valence-electron chi connectivity index (χ4n) is 5.06. The first kappa shape index (κ1) is 26.5. The van der Waals surface area contributed by atoms with Crippen LogP contribution in [0.4, 0.5) is 8.78 Å². The van der Waals surface area contributed by atoms with Crippen LogP contribution in [-0.2, 0) is 16.5 Å². The highest BCUT2D eigenvalue weighted by Crippen LogP contribution is 2.50. The summed E-state index contributed by atoms with van der Waals surface area (Å²) >= 11 is 0. The van der Waals surface area contributed by atoms with E-state index >= 15 is 0 Å². The molecule has 0 bridgehead atoms. The van der Waals surface area contributed by atoms with E-state index in [1.165, 1.54) is 61.2 Å². The molecule has 0 aromatic heterocycles. The number of rotatable bonds is 4. The van der Waals surface area contributed by atoms with Gasteiger partial charge < -0.3 is 0 Å². The van der Waals surface area contributed by atoms with Crippen molar-refractivity contribution >= 4 is 10.1 Å². The number of halogens is 2. The molecule has 0 spiro atoms. The monoisotopic (exact) mass is 540 g/mol. The SMILES string of the molecule is Cc1ccc(-c2cc3c(c(-c4ccccc4)c2-c2ccccc2)Cc2ccccc2-3)cc1.O=S(=O)(O)C(F)F. The van der Waals surface area contributed by atoms with Gasteiger partial charge in [0.25, 0.3) is 0 Å². The van der Waals surface area contributed by atoms with Crippen LogP contribution in [0.5, 0.6) is 0 Å². The second-order valence-electron chi connectivity index (χ2n) is 9.41. The first-order chi connectivity index (χ1) is 18.7. The minimum atomic E-state index is -5.07. The average molecular weight is 541 g/mol. The van der Waals surface area contributed by atoms with E-state index < -0.39 is 15.9 Å². The molecule has 0 heterocycles. The Balaban J connectivity index is 0.000000392. The topological polar surface area (TPSA) is 54.4 Å². The number of hydrogen-bond acceptors (Lipinski definition) is 2. The Morgan fingerprint density at radius 1 is 0.641 bits per heavy atom. The Bertz CT molecular complexity index is 1720. The molecule has 0 saturated carbocycles. The van der Waals surface area contributed by atoms with Crippen LogP contribution >= 0.6 is 0 Å². The van der Waals surface area contributed by atoms with Gasteiger partial charge in [0.1, 0.15) is 0 Å². The molecule has 1 aliphatic rings. The van der Waals surface area contributed by atoms with E-state index in [0.29, 0.717) is 0 Å². The maximum absolute atomic E-state index is 10.7. The van der Waals surface area contributed by atoms with Crippen LogP contribution in [0.25, 0.3) is 44.5 Å². The van der Waals surface area contributed by atoms with Crippen molar-refractivity contribution in [3.8, 4) is 44.5 Å². The molecule has 5 aromatic carbocycles. The summed E-state index contributed by atoms with van der Waals surface area (Å²) in [7, 11) is -5.07. The Morgan fingerprint density at radius 2 is 1.15 bits per heavy atom. The lowest BCUT2D eigenvalue weighted by molar-refractivity contribution is 0.217. The Labute approximate surface area is 227 Å². The average Bonchev–Trinajstić information content (AvgIpc) is 3.31. The van der Waals surface area contributed by atoms with Crippen molar-refractivity contribution in [2.24, 2.45) is 0 Å². The van der Waals surface area contributed by atoms with Gasteiger partial charge in [-0.1, -0.05) is 115 Å². The van der Waals surface area contributed by atoms with E-state index in [4.69, 9.17) is 13.0 Å². The number of aryl methyl sites for hydroxylation is 1. The summed E-state index contributed by atoms with van der Waals surface area (Å²) in [5, 5.41) is 0. The van der Waals surface area contributed by atoms with Crippen molar-refractivity contribution in [1.82, 2.24) is 0 Å². The highest BCUT2D eigenvalue weighted by Gasteiger charge is 2.27. The molecule has 0 unspecified atom stereocenters. The molecule has 1 N–H and O–H groups in total. The van der Waals surface area contributed by atoms with Crippen LogP contribution in [0.2, 0.25) is 0 Å². The van der Waals surface area contributed by atoms with Crippen LogP contribution < -0.4 is 0 Å². The van der Waals surface area contributed by atoms with E-state index in [-0.39, 0.29) is 0 Å². The molecule has 196 valence electrons. The highest BCUT2D eigenvalue weighted by molar-refractivity contribution is 7.86. The standard InChI is InChI=1S/C32H24.CH2F2O3S/c1-22-16-18-23(19-17-22)28-21-29-27-15-9-8-14-26(27)20-30(29)32(25-12-6-3-7-13-25)31(28)24-10-4-2-5-11-24;2-1(3)7(4,5)6/h2-19,21H,20H2,1H3;1H,(H,4,5,6). The summed E-state index contributed by atoms with van der Waals surface area (Å²) in [6, 6.07) is 42.0. The zero-order valence-electron chi connectivity index (χ0n) is 21.2. The van der Waals surface area contributed by atoms with Gasteiger partial charge in [0.05, 0.1) is 0 Å². The first-order valence-electron chi connectivity index (χ1n) is 12.4. The lowest BCUT2D eigenvalue weighted by atomic mass is 9.82. The zero-order chi connectivity index (χ0) is 27.6. The zero-order valence-corrected chi connectivity index (χ0v) is 22.0. The lowest BCUT2D eigenvalue weighted by Crippen LogP contribution is -2.07.